The molecule has 7 nitrogen and oxygen atoms in total. The Balaban J connectivity index is 1.57. The van der Waals surface area contributed by atoms with Crippen LogP contribution in [0, 0.1) is 13.8 Å². The Hall–Kier alpha value is -2.78. The predicted molar refractivity (Wildman–Crippen MR) is 122 cm³/mol. The van der Waals surface area contributed by atoms with Crippen LogP contribution in [0.25, 0.3) is 5.69 Å². The van der Waals surface area contributed by atoms with Gasteiger partial charge in [-0.2, -0.15) is 0 Å². The van der Waals surface area contributed by atoms with Crippen molar-refractivity contribution in [2.24, 2.45) is 0 Å². The lowest BCUT2D eigenvalue weighted by Gasteiger charge is -2.10. The topological polar surface area (TPSA) is 80.1 Å². The van der Waals surface area contributed by atoms with Crippen molar-refractivity contribution >= 4 is 40.4 Å². The first-order valence-electron chi connectivity index (χ1n) is 9.23. The normalized spacial score (nSPS) is 10.7. The number of rotatable bonds is 6. The van der Waals surface area contributed by atoms with E-state index in [1.54, 1.807) is 32.6 Å². The summed E-state index contributed by atoms with van der Waals surface area (Å²) in [6.45, 7) is 4.13. The molecule has 0 radical (unpaired) electrons. The fourth-order valence-corrected chi connectivity index (χ4v) is 3.89. The van der Waals surface area contributed by atoms with Gasteiger partial charge in [-0.15, -0.1) is 10.2 Å². The van der Waals surface area contributed by atoms with Gasteiger partial charge in [0.25, 0.3) is 5.24 Å². The molecule has 0 bridgehead atoms. The van der Waals surface area contributed by atoms with Gasteiger partial charge in [-0.3, -0.25) is 14.2 Å². The first kappa shape index (κ1) is 21.9. The maximum absolute atomic E-state index is 12.4. The summed E-state index contributed by atoms with van der Waals surface area (Å²) in [7, 11) is 3.42. The van der Waals surface area contributed by atoms with Gasteiger partial charge >= 0.3 is 0 Å². The van der Waals surface area contributed by atoms with Crippen LogP contribution in [0.4, 0.5) is 10.5 Å². The average molecular weight is 442 g/mol. The van der Waals surface area contributed by atoms with Gasteiger partial charge in [-0.25, -0.2) is 0 Å². The Morgan fingerprint density at radius 3 is 2.47 bits per heavy atom. The van der Waals surface area contributed by atoms with Crippen molar-refractivity contribution in [3.8, 4) is 5.69 Å². The molecule has 0 aliphatic heterocycles. The van der Waals surface area contributed by atoms with Crippen LogP contribution in [0.1, 0.15) is 11.1 Å². The van der Waals surface area contributed by atoms with Crippen molar-refractivity contribution in [2.45, 2.75) is 23.9 Å². The molecule has 2 aromatic carbocycles. The van der Waals surface area contributed by atoms with Gasteiger partial charge in [0.05, 0.1) is 5.75 Å². The minimum atomic E-state index is -0.139. The number of aromatic nitrogens is 3. The van der Waals surface area contributed by atoms with E-state index < -0.39 is 0 Å². The van der Waals surface area contributed by atoms with Crippen LogP contribution < -0.4 is 5.32 Å². The Morgan fingerprint density at radius 2 is 1.80 bits per heavy atom. The fourth-order valence-electron chi connectivity index (χ4n) is 2.50. The second-order valence-corrected chi connectivity index (χ2v) is 8.84. The van der Waals surface area contributed by atoms with Crippen LogP contribution in [0.15, 0.2) is 58.8 Å². The second-order valence-electron chi connectivity index (χ2n) is 6.88. The van der Waals surface area contributed by atoms with Crippen molar-refractivity contribution in [1.82, 2.24) is 19.7 Å². The van der Waals surface area contributed by atoms with E-state index in [2.05, 4.69) is 41.5 Å². The molecular weight excluding hydrogens is 418 g/mol. The summed E-state index contributed by atoms with van der Waals surface area (Å²) >= 11 is 2.47. The first-order chi connectivity index (χ1) is 14.3. The maximum Gasteiger partial charge on any atom is 0.285 e. The third kappa shape index (κ3) is 5.64. The van der Waals surface area contributed by atoms with Crippen LogP contribution in [-0.2, 0) is 4.79 Å². The predicted octanol–water partition coefficient (Wildman–Crippen LogP) is 4.39. The number of anilines is 1. The van der Waals surface area contributed by atoms with Crippen molar-refractivity contribution < 1.29 is 9.59 Å². The zero-order chi connectivity index (χ0) is 21.7. The summed E-state index contributed by atoms with van der Waals surface area (Å²) in [6.07, 6.45) is 1.65. The van der Waals surface area contributed by atoms with E-state index in [9.17, 15) is 9.59 Å². The largest absolute Gasteiger partial charge is 0.339 e. The number of carbonyl (C=O) groups excluding carboxylic acids is 2. The zero-order valence-corrected chi connectivity index (χ0v) is 18.9. The average Bonchev–Trinajstić information content (AvgIpc) is 3.18. The standard InChI is InChI=1S/C21H23N5O2S2/c1-14-5-8-17(11-15(14)2)26-13-22-24-20(26)29-12-19(27)23-16-6-9-18(10-7-16)30-21(28)25(3)4/h5-11,13H,12H2,1-4H3,(H,23,27). The number of aryl methyl sites for hydroxylation is 2. The van der Waals surface area contributed by atoms with E-state index >= 15 is 0 Å². The first-order valence-corrected chi connectivity index (χ1v) is 11.0. The van der Waals surface area contributed by atoms with Crippen LogP contribution in [0.5, 0.6) is 0 Å². The van der Waals surface area contributed by atoms with E-state index in [1.807, 2.05) is 22.8 Å². The molecule has 0 saturated carbocycles. The van der Waals surface area contributed by atoms with Crippen LogP contribution >= 0.6 is 23.5 Å². The molecule has 0 saturated heterocycles. The second kappa shape index (κ2) is 9.82. The van der Waals surface area contributed by atoms with Crippen LogP contribution in [0.2, 0.25) is 0 Å². The highest BCUT2D eigenvalue weighted by atomic mass is 32.2. The number of carbonyl (C=O) groups is 2. The number of amides is 2. The molecule has 0 unspecified atom stereocenters. The van der Waals surface area contributed by atoms with Crippen molar-refractivity contribution in [2.75, 3.05) is 25.2 Å². The summed E-state index contributed by atoms with van der Waals surface area (Å²) in [5.41, 5.74) is 4.05. The molecule has 0 aliphatic carbocycles. The van der Waals surface area contributed by atoms with Gasteiger partial charge in [0.1, 0.15) is 6.33 Å². The summed E-state index contributed by atoms with van der Waals surface area (Å²) in [5, 5.41) is 11.6. The van der Waals surface area contributed by atoms with E-state index in [-0.39, 0.29) is 16.9 Å². The summed E-state index contributed by atoms with van der Waals surface area (Å²) in [4.78, 5) is 26.4. The Bertz CT molecular complexity index is 1050. The molecule has 0 spiro atoms. The third-order valence-corrected chi connectivity index (χ3v) is 6.32. The van der Waals surface area contributed by atoms with Gasteiger partial charge in [0.15, 0.2) is 5.16 Å². The number of benzene rings is 2. The van der Waals surface area contributed by atoms with E-state index in [0.29, 0.717) is 10.8 Å². The molecule has 1 N–H and O–H groups in total. The quantitative estimate of drug-likeness (QED) is 0.572. The number of hydrogen-bond acceptors (Lipinski definition) is 6. The number of hydrogen-bond donors (Lipinski definition) is 1. The zero-order valence-electron chi connectivity index (χ0n) is 17.2. The third-order valence-electron chi connectivity index (χ3n) is 4.33. The van der Waals surface area contributed by atoms with E-state index in [0.717, 1.165) is 22.3 Å². The van der Waals surface area contributed by atoms with Gasteiger partial charge in [0, 0.05) is 30.4 Å². The maximum atomic E-state index is 12.4. The molecule has 3 rings (SSSR count). The lowest BCUT2D eigenvalue weighted by Crippen LogP contribution is -2.16. The van der Waals surface area contributed by atoms with Gasteiger partial charge in [-0.05, 0) is 73.1 Å². The highest BCUT2D eigenvalue weighted by molar-refractivity contribution is 8.13. The monoisotopic (exact) mass is 441 g/mol. The van der Waals surface area contributed by atoms with Crippen LogP contribution in [-0.4, -0.2) is 50.7 Å². The molecule has 9 heteroatoms. The smallest absolute Gasteiger partial charge is 0.285 e. The van der Waals surface area contributed by atoms with Crippen molar-refractivity contribution in [1.29, 1.82) is 0 Å². The molecule has 0 atom stereocenters. The van der Waals surface area contributed by atoms with E-state index in [1.165, 1.54) is 27.8 Å². The van der Waals surface area contributed by atoms with Crippen molar-refractivity contribution in [3.05, 3.63) is 59.9 Å². The summed E-state index contributed by atoms with van der Waals surface area (Å²) in [6, 6.07) is 13.3. The number of thioether (sulfide) groups is 2. The molecule has 0 fully saturated rings. The van der Waals surface area contributed by atoms with E-state index in [4.69, 9.17) is 0 Å². The SMILES string of the molecule is Cc1ccc(-n2cnnc2SCC(=O)Nc2ccc(SC(=O)N(C)C)cc2)cc1C. The summed E-state index contributed by atoms with van der Waals surface area (Å²) < 4.78 is 1.87. The Kier molecular flexibility index (Phi) is 7.17. The minimum Gasteiger partial charge on any atom is -0.339 e. The highest BCUT2D eigenvalue weighted by Gasteiger charge is 2.12. The lowest BCUT2D eigenvalue weighted by molar-refractivity contribution is -0.113. The summed E-state index contributed by atoms with van der Waals surface area (Å²) in [5.74, 6) is 0.0681. The molecule has 3 aromatic rings. The van der Waals surface area contributed by atoms with Gasteiger partial charge in [-0.1, -0.05) is 17.8 Å². The number of nitrogens with one attached hydrogen (secondary N) is 1. The molecule has 0 aliphatic rings. The van der Waals surface area contributed by atoms with Crippen molar-refractivity contribution in [3.63, 3.8) is 0 Å². The minimum absolute atomic E-state index is 0.0453. The molecule has 1 heterocycles. The molecule has 30 heavy (non-hydrogen) atoms. The fraction of sp³-hybridized carbons (Fsp3) is 0.238. The molecule has 1 aromatic heterocycles. The van der Waals surface area contributed by atoms with Gasteiger partial charge in [0.2, 0.25) is 5.91 Å². The molecule has 2 amide bonds. The number of nitrogens with zero attached hydrogens (tertiary/aromatic N) is 4. The Morgan fingerprint density at radius 1 is 1.07 bits per heavy atom. The highest BCUT2D eigenvalue weighted by Crippen LogP contribution is 2.24. The lowest BCUT2D eigenvalue weighted by atomic mass is 10.1. The van der Waals surface area contributed by atoms with Gasteiger partial charge < -0.3 is 10.2 Å². The Labute approximate surface area is 184 Å². The van der Waals surface area contributed by atoms with Crippen LogP contribution in [0.3, 0.4) is 0 Å². The molecular formula is C21H23N5O2S2. The molecule has 156 valence electrons.